The molecule has 0 bridgehead atoms. The van der Waals surface area contributed by atoms with Gasteiger partial charge in [-0.05, 0) is 0 Å². The average Bonchev–Trinajstić information content (AvgIpc) is 1.60. The van der Waals surface area contributed by atoms with Gasteiger partial charge in [0.25, 0.3) is 0 Å². The van der Waals surface area contributed by atoms with Crippen molar-refractivity contribution in [1.82, 2.24) is 0 Å². The molecular weight excluding hydrogens is 280 g/mol. The summed E-state index contributed by atoms with van der Waals surface area (Å²) in [5.41, 5.74) is 0. The molecule has 0 atom stereocenters. The van der Waals surface area contributed by atoms with Crippen molar-refractivity contribution in [1.29, 1.82) is 0 Å². The van der Waals surface area contributed by atoms with E-state index in [1.807, 2.05) is 0 Å². The Balaban J connectivity index is -0.000000405. The predicted molar refractivity (Wildman–Crippen MR) is 22.8 cm³/mol. The summed E-state index contributed by atoms with van der Waals surface area (Å²) in [7, 11) is 0. The smallest absolute Gasteiger partial charge is 0.387 e. The van der Waals surface area contributed by atoms with E-state index in [1.54, 1.807) is 0 Å². The number of carbonyl (C=O) groups is 2. The normalized spacial score (nSPS) is 9.00. The number of hydrogen-bond donors (Lipinski definition) is 0. The first-order chi connectivity index (χ1) is 4.34. The van der Waals surface area contributed by atoms with Gasteiger partial charge in [-0.2, -0.15) is 13.2 Å². The molecule has 0 saturated carbocycles. The van der Waals surface area contributed by atoms with Crippen molar-refractivity contribution in [3.63, 3.8) is 0 Å². The zero-order chi connectivity index (χ0) is 8.36. The standard InChI is InChI=1S/C4H3F3O3.2Cu/c1-2(8)10-3(9)4(5,6)7;;/h1H3;;. The van der Waals surface area contributed by atoms with Crippen LogP contribution >= 0.6 is 0 Å². The second kappa shape index (κ2) is 6.48. The maximum Gasteiger partial charge on any atom is 0.491 e. The minimum absolute atomic E-state index is 0. The number of ether oxygens (including phenoxy) is 1. The van der Waals surface area contributed by atoms with Crippen LogP contribution in [0.1, 0.15) is 6.92 Å². The van der Waals surface area contributed by atoms with E-state index < -0.39 is 18.1 Å². The molecule has 0 fully saturated rings. The Kier molecular flexibility index (Phi) is 9.67. The maximum atomic E-state index is 11.2. The van der Waals surface area contributed by atoms with Gasteiger partial charge < -0.3 is 4.74 Å². The molecular formula is C4H3Cu2F3O3. The van der Waals surface area contributed by atoms with Crippen LogP contribution in [0.5, 0.6) is 0 Å². The number of hydrogen-bond acceptors (Lipinski definition) is 3. The molecule has 0 aliphatic heterocycles. The molecule has 0 aromatic rings. The number of alkyl halides is 3. The van der Waals surface area contributed by atoms with Crippen LogP contribution in [0.3, 0.4) is 0 Å². The van der Waals surface area contributed by atoms with Crippen molar-refractivity contribution >= 4 is 11.9 Å². The fourth-order valence-corrected chi connectivity index (χ4v) is 0.188. The van der Waals surface area contributed by atoms with Crippen molar-refractivity contribution in [2.24, 2.45) is 0 Å². The number of halogens is 3. The number of esters is 2. The largest absolute Gasteiger partial charge is 0.491 e. The predicted octanol–water partition coefficient (Wildman–Crippen LogP) is 0.633. The van der Waals surface area contributed by atoms with E-state index in [-0.39, 0.29) is 34.1 Å². The van der Waals surface area contributed by atoms with E-state index in [4.69, 9.17) is 0 Å². The van der Waals surface area contributed by atoms with Crippen LogP contribution in [0.15, 0.2) is 0 Å². The second-order valence-electron chi connectivity index (χ2n) is 1.38. The van der Waals surface area contributed by atoms with Crippen LogP contribution in [0, 0.1) is 0 Å². The maximum absolute atomic E-state index is 11.2. The Morgan fingerprint density at radius 3 is 1.58 bits per heavy atom. The van der Waals surface area contributed by atoms with Crippen molar-refractivity contribution in [3.8, 4) is 0 Å². The molecule has 0 N–H and O–H groups in total. The van der Waals surface area contributed by atoms with Crippen molar-refractivity contribution in [2.75, 3.05) is 0 Å². The topological polar surface area (TPSA) is 43.4 Å². The van der Waals surface area contributed by atoms with Gasteiger partial charge in [0.2, 0.25) is 0 Å². The SMILES string of the molecule is CC(=O)OC(=O)C(F)(F)F.[Cu].[Cu]. The molecule has 3 nitrogen and oxygen atoms in total. The number of carbonyl (C=O) groups excluding carboxylic acids is 2. The van der Waals surface area contributed by atoms with E-state index in [0.29, 0.717) is 6.92 Å². The van der Waals surface area contributed by atoms with Gasteiger partial charge in [0.1, 0.15) is 0 Å². The summed E-state index contributed by atoms with van der Waals surface area (Å²) in [5, 5.41) is 0. The average molecular weight is 283 g/mol. The first-order valence-electron chi connectivity index (χ1n) is 2.13. The summed E-state index contributed by atoms with van der Waals surface area (Å²) in [6.07, 6.45) is -5.09. The van der Waals surface area contributed by atoms with Crippen LogP contribution in [-0.4, -0.2) is 18.1 Å². The Hall–Kier alpha value is -0.0310. The van der Waals surface area contributed by atoms with E-state index in [9.17, 15) is 22.8 Å². The first kappa shape index (κ1) is 17.9. The zero-order valence-electron chi connectivity index (χ0n) is 5.46. The number of rotatable bonds is 0. The Morgan fingerprint density at radius 2 is 1.50 bits per heavy atom. The van der Waals surface area contributed by atoms with Gasteiger partial charge in [-0.25, -0.2) is 4.79 Å². The summed E-state index contributed by atoms with van der Waals surface area (Å²) in [6, 6.07) is 0. The molecule has 0 rings (SSSR count). The molecule has 2 radical (unpaired) electrons. The van der Waals surface area contributed by atoms with Gasteiger partial charge in [0.15, 0.2) is 0 Å². The van der Waals surface area contributed by atoms with E-state index in [1.165, 1.54) is 0 Å². The van der Waals surface area contributed by atoms with Crippen molar-refractivity contribution in [2.45, 2.75) is 13.1 Å². The molecule has 0 saturated heterocycles. The third kappa shape index (κ3) is 8.07. The van der Waals surface area contributed by atoms with Crippen LogP contribution in [0.2, 0.25) is 0 Å². The van der Waals surface area contributed by atoms with Crippen LogP contribution in [0.4, 0.5) is 13.2 Å². The van der Waals surface area contributed by atoms with Gasteiger partial charge >= 0.3 is 18.1 Å². The minimum Gasteiger partial charge on any atom is -0.387 e. The third-order valence-electron chi connectivity index (χ3n) is 0.468. The molecule has 0 unspecified atom stereocenters. The van der Waals surface area contributed by atoms with Gasteiger partial charge in [-0.15, -0.1) is 0 Å². The van der Waals surface area contributed by atoms with Gasteiger partial charge in [-0.3, -0.25) is 4.79 Å². The molecule has 8 heteroatoms. The Bertz CT molecular complexity index is 167. The quantitative estimate of drug-likeness (QED) is 0.372. The molecule has 0 aromatic carbocycles. The van der Waals surface area contributed by atoms with Crippen molar-refractivity contribution < 1.29 is 61.6 Å². The van der Waals surface area contributed by atoms with Crippen LogP contribution in [0.25, 0.3) is 0 Å². The molecule has 0 spiro atoms. The fourth-order valence-electron chi connectivity index (χ4n) is 0.188. The molecule has 0 aliphatic carbocycles. The summed E-state index contributed by atoms with van der Waals surface area (Å²) >= 11 is 0. The molecule has 0 aliphatic rings. The molecule has 80 valence electrons. The Morgan fingerprint density at radius 1 is 1.17 bits per heavy atom. The minimum atomic E-state index is -5.09. The Labute approximate surface area is 87.0 Å². The van der Waals surface area contributed by atoms with E-state index in [0.717, 1.165) is 0 Å². The molecule has 0 amide bonds. The molecule has 0 aromatic heterocycles. The second-order valence-corrected chi connectivity index (χ2v) is 1.38. The van der Waals surface area contributed by atoms with Gasteiger partial charge in [0.05, 0.1) is 0 Å². The summed E-state index contributed by atoms with van der Waals surface area (Å²) in [6.45, 7) is 0.712. The fraction of sp³-hybridized carbons (Fsp3) is 0.500. The molecule has 0 heterocycles. The van der Waals surface area contributed by atoms with Gasteiger partial charge in [0, 0.05) is 41.1 Å². The monoisotopic (exact) mass is 282 g/mol. The van der Waals surface area contributed by atoms with Crippen LogP contribution in [-0.2, 0) is 48.5 Å². The summed E-state index contributed by atoms with van der Waals surface area (Å²) < 4.78 is 36.8. The first-order valence-corrected chi connectivity index (χ1v) is 2.13. The van der Waals surface area contributed by atoms with E-state index >= 15 is 0 Å². The van der Waals surface area contributed by atoms with Crippen LogP contribution < -0.4 is 0 Å². The van der Waals surface area contributed by atoms with Crippen molar-refractivity contribution in [3.05, 3.63) is 0 Å². The van der Waals surface area contributed by atoms with E-state index in [2.05, 4.69) is 4.74 Å². The molecule has 12 heavy (non-hydrogen) atoms. The summed E-state index contributed by atoms with van der Waals surface area (Å²) in [5.74, 6) is -3.76. The summed E-state index contributed by atoms with van der Waals surface area (Å²) in [4.78, 5) is 19.5. The van der Waals surface area contributed by atoms with Gasteiger partial charge in [-0.1, -0.05) is 0 Å². The third-order valence-corrected chi connectivity index (χ3v) is 0.468. The zero-order valence-corrected chi connectivity index (χ0v) is 7.34.